The van der Waals surface area contributed by atoms with Gasteiger partial charge in [0.1, 0.15) is 11.6 Å². The van der Waals surface area contributed by atoms with Crippen molar-refractivity contribution in [2.75, 3.05) is 12.0 Å². The zero-order valence-corrected chi connectivity index (χ0v) is 13.6. The SMILES string of the molecule is COC(=O)[C@H](C)N(C(=O)OC(C)(C)C)c1ccc(Cl)cc1. The maximum atomic E-state index is 12.4. The van der Waals surface area contributed by atoms with Crippen LogP contribution in [0.1, 0.15) is 27.7 Å². The number of esters is 1. The molecule has 0 aliphatic carbocycles. The lowest BCUT2D eigenvalue weighted by Crippen LogP contribution is -2.46. The lowest BCUT2D eigenvalue weighted by Gasteiger charge is -2.30. The molecule has 1 aromatic rings. The summed E-state index contributed by atoms with van der Waals surface area (Å²) in [5.41, 5.74) is -0.163. The van der Waals surface area contributed by atoms with Gasteiger partial charge in [0.05, 0.1) is 7.11 Å². The largest absolute Gasteiger partial charge is 0.467 e. The van der Waals surface area contributed by atoms with Gasteiger partial charge < -0.3 is 9.47 Å². The van der Waals surface area contributed by atoms with Crippen molar-refractivity contribution in [3.63, 3.8) is 0 Å². The standard InChI is InChI=1S/C15H20ClNO4/c1-10(13(18)20-5)17(14(19)21-15(2,3)4)12-8-6-11(16)7-9-12/h6-10H,1-5H3/t10-/m0/s1. The molecule has 0 unspecified atom stereocenters. The zero-order valence-electron chi connectivity index (χ0n) is 12.8. The molecule has 1 rings (SSSR count). The summed E-state index contributed by atoms with van der Waals surface area (Å²) in [6.07, 6.45) is -0.622. The van der Waals surface area contributed by atoms with Crippen LogP contribution in [0.4, 0.5) is 10.5 Å². The molecular formula is C15H20ClNO4. The number of ether oxygens (including phenoxy) is 2. The minimum absolute atomic E-state index is 0.506. The van der Waals surface area contributed by atoms with Crippen molar-refractivity contribution in [1.29, 1.82) is 0 Å². The lowest BCUT2D eigenvalue weighted by molar-refractivity contribution is -0.141. The maximum Gasteiger partial charge on any atom is 0.415 e. The smallest absolute Gasteiger partial charge is 0.415 e. The van der Waals surface area contributed by atoms with E-state index in [1.807, 2.05) is 0 Å². The molecule has 1 aromatic carbocycles. The van der Waals surface area contributed by atoms with Crippen LogP contribution in [0.25, 0.3) is 0 Å². The molecule has 0 aliphatic heterocycles. The molecule has 116 valence electrons. The van der Waals surface area contributed by atoms with E-state index in [4.69, 9.17) is 21.1 Å². The Hall–Kier alpha value is -1.75. The summed E-state index contributed by atoms with van der Waals surface area (Å²) in [5, 5.41) is 0.536. The summed E-state index contributed by atoms with van der Waals surface area (Å²) in [5.74, 6) is -0.532. The van der Waals surface area contributed by atoms with Crippen molar-refractivity contribution in [1.82, 2.24) is 0 Å². The highest BCUT2D eigenvalue weighted by atomic mass is 35.5. The minimum Gasteiger partial charge on any atom is -0.467 e. The van der Waals surface area contributed by atoms with Crippen LogP contribution < -0.4 is 4.90 Å². The fraction of sp³-hybridized carbons (Fsp3) is 0.467. The highest BCUT2D eigenvalue weighted by molar-refractivity contribution is 6.30. The van der Waals surface area contributed by atoms with Gasteiger partial charge in [0, 0.05) is 10.7 Å². The van der Waals surface area contributed by atoms with Gasteiger partial charge in [0.15, 0.2) is 0 Å². The molecule has 1 atom stereocenters. The van der Waals surface area contributed by atoms with Crippen molar-refractivity contribution in [2.24, 2.45) is 0 Å². The van der Waals surface area contributed by atoms with E-state index in [9.17, 15) is 9.59 Å². The van der Waals surface area contributed by atoms with E-state index in [1.54, 1.807) is 52.0 Å². The van der Waals surface area contributed by atoms with Gasteiger partial charge in [0.2, 0.25) is 0 Å². The Balaban J connectivity index is 3.13. The molecule has 5 nitrogen and oxygen atoms in total. The van der Waals surface area contributed by atoms with E-state index in [0.29, 0.717) is 10.7 Å². The number of methoxy groups -OCH3 is 1. The van der Waals surface area contributed by atoms with Gasteiger partial charge in [-0.1, -0.05) is 11.6 Å². The lowest BCUT2D eigenvalue weighted by atomic mass is 10.2. The molecule has 0 aliphatic rings. The van der Waals surface area contributed by atoms with Crippen molar-refractivity contribution in [3.05, 3.63) is 29.3 Å². The summed E-state index contributed by atoms with van der Waals surface area (Å²) >= 11 is 5.85. The van der Waals surface area contributed by atoms with E-state index in [2.05, 4.69) is 0 Å². The van der Waals surface area contributed by atoms with Crippen LogP contribution in [-0.4, -0.2) is 30.8 Å². The van der Waals surface area contributed by atoms with Crippen LogP contribution in [-0.2, 0) is 14.3 Å². The summed E-state index contributed by atoms with van der Waals surface area (Å²) in [7, 11) is 1.27. The highest BCUT2D eigenvalue weighted by Crippen LogP contribution is 2.23. The Morgan fingerprint density at radius 1 is 1.19 bits per heavy atom. The van der Waals surface area contributed by atoms with Gasteiger partial charge in [-0.2, -0.15) is 0 Å². The number of carbonyl (C=O) groups excluding carboxylic acids is 2. The highest BCUT2D eigenvalue weighted by Gasteiger charge is 2.31. The second-order valence-corrected chi connectivity index (χ2v) is 5.96. The van der Waals surface area contributed by atoms with Gasteiger partial charge in [0.25, 0.3) is 0 Å². The minimum atomic E-state index is -0.814. The number of nitrogens with zero attached hydrogens (tertiary/aromatic N) is 1. The number of halogens is 1. The first-order chi connectivity index (χ1) is 9.65. The third-order valence-corrected chi connectivity index (χ3v) is 2.88. The third-order valence-electron chi connectivity index (χ3n) is 2.62. The van der Waals surface area contributed by atoms with E-state index >= 15 is 0 Å². The number of rotatable bonds is 3. The number of anilines is 1. The van der Waals surface area contributed by atoms with Crippen molar-refractivity contribution < 1.29 is 19.1 Å². The van der Waals surface area contributed by atoms with Crippen LogP contribution in [0.2, 0.25) is 5.02 Å². The molecule has 0 spiro atoms. The van der Waals surface area contributed by atoms with E-state index in [1.165, 1.54) is 12.0 Å². The van der Waals surface area contributed by atoms with E-state index < -0.39 is 23.7 Å². The average Bonchev–Trinajstić information content (AvgIpc) is 2.38. The summed E-state index contributed by atoms with van der Waals surface area (Å²) < 4.78 is 10.1. The monoisotopic (exact) mass is 313 g/mol. The number of hydrogen-bond acceptors (Lipinski definition) is 4. The molecule has 0 radical (unpaired) electrons. The molecule has 6 heteroatoms. The summed E-state index contributed by atoms with van der Waals surface area (Å²) in [4.78, 5) is 25.4. The maximum absolute atomic E-state index is 12.4. The number of benzene rings is 1. The predicted octanol–water partition coefficient (Wildman–Crippen LogP) is 3.64. The van der Waals surface area contributed by atoms with Crippen LogP contribution in [0.15, 0.2) is 24.3 Å². The predicted molar refractivity (Wildman–Crippen MR) is 81.6 cm³/mol. The molecule has 0 fully saturated rings. The van der Waals surface area contributed by atoms with Crippen LogP contribution >= 0.6 is 11.6 Å². The quantitative estimate of drug-likeness (QED) is 0.799. The molecule has 0 saturated heterocycles. The first-order valence-electron chi connectivity index (χ1n) is 6.51. The van der Waals surface area contributed by atoms with Gasteiger partial charge in [-0.15, -0.1) is 0 Å². The molecule has 0 heterocycles. The first kappa shape index (κ1) is 17.3. The summed E-state index contributed by atoms with van der Waals surface area (Å²) in [6, 6.07) is 5.75. The topological polar surface area (TPSA) is 55.8 Å². The van der Waals surface area contributed by atoms with Gasteiger partial charge >= 0.3 is 12.1 Å². The zero-order chi connectivity index (χ0) is 16.2. The van der Waals surface area contributed by atoms with Crippen molar-refractivity contribution in [3.8, 4) is 0 Å². The van der Waals surface area contributed by atoms with Crippen molar-refractivity contribution in [2.45, 2.75) is 39.3 Å². The first-order valence-corrected chi connectivity index (χ1v) is 6.89. The Bertz CT molecular complexity index is 507. The molecular weight excluding hydrogens is 294 g/mol. The average molecular weight is 314 g/mol. The Morgan fingerprint density at radius 2 is 1.71 bits per heavy atom. The number of carbonyl (C=O) groups is 2. The van der Waals surface area contributed by atoms with E-state index in [0.717, 1.165) is 0 Å². The number of amides is 1. The third kappa shape index (κ3) is 4.93. The fourth-order valence-corrected chi connectivity index (χ4v) is 1.80. The van der Waals surface area contributed by atoms with Crippen LogP contribution in [0.5, 0.6) is 0 Å². The summed E-state index contributed by atoms with van der Waals surface area (Å²) in [6.45, 7) is 6.85. The second kappa shape index (κ2) is 6.80. The molecule has 0 N–H and O–H groups in total. The normalized spacial score (nSPS) is 12.5. The molecule has 0 bridgehead atoms. The van der Waals surface area contributed by atoms with Gasteiger partial charge in [-0.25, -0.2) is 9.59 Å². The van der Waals surface area contributed by atoms with Gasteiger partial charge in [-0.05, 0) is 52.0 Å². The Labute approximate surface area is 129 Å². The van der Waals surface area contributed by atoms with Crippen molar-refractivity contribution >= 4 is 29.4 Å². The molecule has 21 heavy (non-hydrogen) atoms. The Morgan fingerprint density at radius 3 is 2.14 bits per heavy atom. The Kier molecular flexibility index (Phi) is 5.61. The second-order valence-electron chi connectivity index (χ2n) is 5.53. The van der Waals surface area contributed by atoms with Gasteiger partial charge in [-0.3, -0.25) is 4.90 Å². The molecule has 0 aromatic heterocycles. The fourth-order valence-electron chi connectivity index (χ4n) is 1.68. The van der Waals surface area contributed by atoms with E-state index in [-0.39, 0.29) is 0 Å². The molecule has 1 amide bonds. The number of hydrogen-bond donors (Lipinski definition) is 0. The van der Waals surface area contributed by atoms with Crippen LogP contribution in [0.3, 0.4) is 0 Å². The van der Waals surface area contributed by atoms with Crippen LogP contribution in [0, 0.1) is 0 Å². The molecule has 0 saturated carbocycles.